The number of hydrogen-bond donors (Lipinski definition) is 7. The van der Waals surface area contributed by atoms with E-state index in [-0.39, 0.29) is 33.9 Å². The maximum absolute atomic E-state index is 12.2. The van der Waals surface area contributed by atoms with E-state index in [2.05, 4.69) is 0 Å². The van der Waals surface area contributed by atoms with Crippen molar-refractivity contribution in [3.05, 3.63) is 41.0 Å². The third-order valence-electron chi connectivity index (χ3n) is 5.57. The fourth-order valence-corrected chi connectivity index (χ4v) is 4.07. The minimum Gasteiger partial charge on any atom is -0.504 e. The molecule has 0 bridgehead atoms. The van der Waals surface area contributed by atoms with Gasteiger partial charge in [0, 0.05) is 5.92 Å². The van der Waals surface area contributed by atoms with Crippen molar-refractivity contribution in [2.45, 2.75) is 17.6 Å². The Morgan fingerprint density at radius 1 is 1.00 bits per heavy atom. The SMILES string of the molecule is COc1cc2c(cc1O)[C@@H](c1cc(O)c(O)c(OC)c1)[C@](O)(C(=O)O)[C@H](CO)[C@H]2O. The Labute approximate surface area is 170 Å². The van der Waals surface area contributed by atoms with Gasteiger partial charge in [0.2, 0.25) is 5.75 Å². The van der Waals surface area contributed by atoms with Crippen LogP contribution in [0.1, 0.15) is 28.7 Å². The number of fused-ring (bicyclic) bond motifs is 1. The highest BCUT2D eigenvalue weighted by atomic mass is 16.5. The maximum Gasteiger partial charge on any atom is 0.337 e. The van der Waals surface area contributed by atoms with E-state index in [1.54, 1.807) is 0 Å². The minimum atomic E-state index is -2.74. The number of aromatic hydroxyl groups is 3. The van der Waals surface area contributed by atoms with Crippen LogP contribution in [0.4, 0.5) is 0 Å². The van der Waals surface area contributed by atoms with Crippen molar-refractivity contribution in [1.82, 2.24) is 0 Å². The van der Waals surface area contributed by atoms with Crippen molar-refractivity contribution in [2.24, 2.45) is 5.92 Å². The van der Waals surface area contributed by atoms with E-state index in [1.165, 1.54) is 26.4 Å². The average Bonchev–Trinajstić information content (AvgIpc) is 2.70. The van der Waals surface area contributed by atoms with E-state index in [9.17, 15) is 40.5 Å². The molecular weight excluding hydrogens is 400 g/mol. The molecule has 2 aromatic carbocycles. The van der Waals surface area contributed by atoms with Gasteiger partial charge in [-0.3, -0.25) is 0 Å². The zero-order valence-corrected chi connectivity index (χ0v) is 16.1. The van der Waals surface area contributed by atoms with Crippen molar-refractivity contribution >= 4 is 5.97 Å². The normalized spacial score (nSPS) is 25.4. The molecule has 0 amide bonds. The third-order valence-corrected chi connectivity index (χ3v) is 5.57. The summed E-state index contributed by atoms with van der Waals surface area (Å²) in [7, 11) is 2.50. The summed E-state index contributed by atoms with van der Waals surface area (Å²) in [6, 6.07) is 4.67. The number of carbonyl (C=O) groups is 1. The monoisotopic (exact) mass is 422 g/mol. The quantitative estimate of drug-likeness (QED) is 0.334. The number of aliphatic hydroxyl groups is 3. The average molecular weight is 422 g/mol. The van der Waals surface area contributed by atoms with Crippen LogP contribution in [0.25, 0.3) is 0 Å². The largest absolute Gasteiger partial charge is 0.504 e. The van der Waals surface area contributed by atoms with Crippen LogP contribution in [0.3, 0.4) is 0 Å². The second-order valence-electron chi connectivity index (χ2n) is 7.04. The molecule has 2 aromatic rings. The zero-order chi connectivity index (χ0) is 22.4. The molecule has 0 saturated carbocycles. The molecule has 0 aliphatic heterocycles. The van der Waals surface area contributed by atoms with Crippen LogP contribution in [0.5, 0.6) is 28.7 Å². The number of aliphatic carboxylic acids is 1. The number of ether oxygens (including phenoxy) is 2. The summed E-state index contributed by atoms with van der Waals surface area (Å²) >= 11 is 0. The Morgan fingerprint density at radius 3 is 2.17 bits per heavy atom. The van der Waals surface area contributed by atoms with Gasteiger partial charge >= 0.3 is 5.97 Å². The number of phenolic OH excluding ortho intramolecular Hbond substituents is 3. The van der Waals surface area contributed by atoms with Crippen molar-refractivity contribution < 1.29 is 50.0 Å². The van der Waals surface area contributed by atoms with Crippen LogP contribution in [0.15, 0.2) is 24.3 Å². The first-order valence-electron chi connectivity index (χ1n) is 8.87. The summed E-state index contributed by atoms with van der Waals surface area (Å²) in [4.78, 5) is 12.2. The Kier molecular flexibility index (Phi) is 5.42. The molecule has 30 heavy (non-hydrogen) atoms. The Morgan fingerprint density at radius 2 is 1.63 bits per heavy atom. The van der Waals surface area contributed by atoms with Gasteiger partial charge in [-0.05, 0) is 41.0 Å². The van der Waals surface area contributed by atoms with E-state index in [0.29, 0.717) is 0 Å². The standard InChI is InChI=1S/C20H22O10/c1-29-14-6-10-9(5-12(14)22)16(8-3-13(23)18(25)15(4-8)30-2)20(28,19(26)27)11(7-21)17(10)24/h3-6,11,16-17,21-25,28H,7H2,1-2H3,(H,26,27)/t11-,16-,17+,20+/m1/s1. The van der Waals surface area contributed by atoms with E-state index in [4.69, 9.17) is 9.47 Å². The lowest BCUT2D eigenvalue weighted by Crippen LogP contribution is -2.57. The van der Waals surface area contributed by atoms with Gasteiger partial charge in [-0.2, -0.15) is 0 Å². The first-order chi connectivity index (χ1) is 14.1. The lowest BCUT2D eigenvalue weighted by Gasteiger charge is -2.46. The second-order valence-corrected chi connectivity index (χ2v) is 7.04. The smallest absolute Gasteiger partial charge is 0.337 e. The van der Waals surface area contributed by atoms with Gasteiger partial charge in [-0.15, -0.1) is 0 Å². The van der Waals surface area contributed by atoms with E-state index in [1.807, 2.05) is 0 Å². The number of benzene rings is 2. The highest BCUT2D eigenvalue weighted by molar-refractivity contribution is 5.82. The molecule has 0 fully saturated rings. The predicted molar refractivity (Wildman–Crippen MR) is 101 cm³/mol. The number of aliphatic hydroxyl groups excluding tert-OH is 2. The zero-order valence-electron chi connectivity index (χ0n) is 16.1. The summed E-state index contributed by atoms with van der Waals surface area (Å²) in [5, 5.41) is 72.0. The number of rotatable bonds is 5. The van der Waals surface area contributed by atoms with Gasteiger partial charge in [0.15, 0.2) is 28.6 Å². The van der Waals surface area contributed by atoms with Crippen LogP contribution < -0.4 is 9.47 Å². The highest BCUT2D eigenvalue weighted by Gasteiger charge is 2.58. The van der Waals surface area contributed by atoms with Gasteiger partial charge in [0.25, 0.3) is 0 Å². The number of carboxylic acids is 1. The first kappa shape index (κ1) is 21.5. The highest BCUT2D eigenvalue weighted by Crippen LogP contribution is 2.54. The van der Waals surface area contributed by atoms with Crippen LogP contribution >= 0.6 is 0 Å². The maximum atomic E-state index is 12.2. The molecule has 1 aliphatic rings. The molecule has 0 spiro atoms. The lowest BCUT2D eigenvalue weighted by atomic mass is 9.62. The first-order valence-corrected chi connectivity index (χ1v) is 8.87. The van der Waals surface area contributed by atoms with Crippen LogP contribution in [-0.2, 0) is 4.79 Å². The van der Waals surface area contributed by atoms with Gasteiger partial charge in [-0.25, -0.2) is 4.79 Å². The molecule has 162 valence electrons. The van der Waals surface area contributed by atoms with Crippen molar-refractivity contribution in [3.8, 4) is 28.7 Å². The molecule has 0 unspecified atom stereocenters. The summed E-state index contributed by atoms with van der Waals surface area (Å²) in [5.41, 5.74) is -2.59. The van der Waals surface area contributed by atoms with Crippen LogP contribution in [0, 0.1) is 5.92 Å². The summed E-state index contributed by atoms with van der Waals surface area (Å²) < 4.78 is 10.0. The fourth-order valence-electron chi connectivity index (χ4n) is 4.07. The van der Waals surface area contributed by atoms with Crippen molar-refractivity contribution in [3.63, 3.8) is 0 Å². The Bertz CT molecular complexity index is 988. The van der Waals surface area contributed by atoms with E-state index < -0.39 is 47.6 Å². The number of carboxylic acid groups (broad SMARTS) is 1. The molecule has 10 nitrogen and oxygen atoms in total. The predicted octanol–water partition coefficient (Wildman–Crippen LogP) is 0.424. The van der Waals surface area contributed by atoms with E-state index in [0.717, 1.165) is 12.1 Å². The minimum absolute atomic E-state index is 0.00298. The number of methoxy groups -OCH3 is 2. The molecule has 1 aliphatic carbocycles. The molecule has 0 radical (unpaired) electrons. The van der Waals surface area contributed by atoms with Crippen molar-refractivity contribution in [1.29, 1.82) is 0 Å². The molecule has 3 rings (SSSR count). The van der Waals surface area contributed by atoms with Crippen molar-refractivity contribution in [2.75, 3.05) is 20.8 Å². The van der Waals surface area contributed by atoms with Gasteiger partial charge in [0.05, 0.1) is 32.8 Å². The Balaban J connectivity index is 2.40. The topological polar surface area (TPSA) is 177 Å². The number of hydrogen-bond acceptors (Lipinski definition) is 9. The van der Waals surface area contributed by atoms with Gasteiger partial charge < -0.3 is 45.2 Å². The number of phenols is 3. The summed E-state index contributed by atoms with van der Waals surface area (Å²) in [6.07, 6.45) is -1.61. The molecular formula is C20H22O10. The fraction of sp³-hybridized carbons (Fsp3) is 0.350. The molecule has 10 heteroatoms. The van der Waals surface area contributed by atoms with Crippen LogP contribution in [-0.4, -0.2) is 68.1 Å². The molecule has 0 saturated heterocycles. The Hall–Kier alpha value is -3.21. The summed E-state index contributed by atoms with van der Waals surface area (Å²) in [5.74, 6) is -6.57. The molecule has 4 atom stereocenters. The summed E-state index contributed by atoms with van der Waals surface area (Å²) in [6.45, 7) is -0.885. The van der Waals surface area contributed by atoms with Gasteiger partial charge in [-0.1, -0.05) is 0 Å². The van der Waals surface area contributed by atoms with Crippen LogP contribution in [0.2, 0.25) is 0 Å². The lowest BCUT2D eigenvalue weighted by molar-refractivity contribution is -0.180. The molecule has 0 heterocycles. The van der Waals surface area contributed by atoms with Gasteiger partial charge in [0.1, 0.15) is 0 Å². The second kappa shape index (κ2) is 7.56. The molecule has 0 aromatic heterocycles. The van der Waals surface area contributed by atoms with E-state index >= 15 is 0 Å². The third kappa shape index (κ3) is 2.96. The molecule has 7 N–H and O–H groups in total.